The van der Waals surface area contributed by atoms with E-state index in [0.717, 1.165) is 11.3 Å². The summed E-state index contributed by atoms with van der Waals surface area (Å²) in [6.07, 6.45) is 1.80. The van der Waals surface area contributed by atoms with Crippen molar-refractivity contribution in [2.75, 3.05) is 11.1 Å². The minimum Gasteiger partial charge on any atom is -0.399 e. The summed E-state index contributed by atoms with van der Waals surface area (Å²) < 4.78 is 14.9. The zero-order chi connectivity index (χ0) is 12.4. The van der Waals surface area contributed by atoms with Crippen molar-refractivity contribution in [3.05, 3.63) is 41.5 Å². The molecule has 0 atom stereocenters. The highest BCUT2D eigenvalue weighted by molar-refractivity contribution is 5.54. The van der Waals surface area contributed by atoms with E-state index in [4.69, 9.17) is 5.73 Å². The lowest BCUT2D eigenvalue weighted by molar-refractivity contribution is 0.629. The maximum atomic E-state index is 13.1. The summed E-state index contributed by atoms with van der Waals surface area (Å²) in [7, 11) is 1.89. The lowest BCUT2D eigenvalue weighted by Crippen LogP contribution is -2.02. The van der Waals surface area contributed by atoms with Crippen LogP contribution in [-0.4, -0.2) is 9.78 Å². The molecule has 0 spiro atoms. The molecule has 4 nitrogen and oxygen atoms in total. The van der Waals surface area contributed by atoms with E-state index in [0.29, 0.717) is 17.9 Å². The van der Waals surface area contributed by atoms with Gasteiger partial charge in [-0.05, 0) is 25.1 Å². The molecular weight excluding hydrogens is 219 g/mol. The fourth-order valence-corrected chi connectivity index (χ4v) is 1.63. The molecule has 0 aliphatic carbocycles. The first-order valence-electron chi connectivity index (χ1n) is 5.33. The van der Waals surface area contributed by atoms with Gasteiger partial charge in [0.25, 0.3) is 0 Å². The Labute approximate surface area is 99.2 Å². The molecule has 1 aromatic heterocycles. The minimum absolute atomic E-state index is 0.338. The van der Waals surface area contributed by atoms with Gasteiger partial charge in [-0.25, -0.2) is 4.39 Å². The van der Waals surface area contributed by atoms with E-state index in [2.05, 4.69) is 10.4 Å². The Kier molecular flexibility index (Phi) is 2.99. The second kappa shape index (κ2) is 4.45. The third-order valence-electron chi connectivity index (χ3n) is 2.74. The Bertz CT molecular complexity index is 513. The quantitative estimate of drug-likeness (QED) is 0.799. The second-order valence-electron chi connectivity index (χ2n) is 4.01. The fourth-order valence-electron chi connectivity index (χ4n) is 1.63. The van der Waals surface area contributed by atoms with Crippen molar-refractivity contribution in [1.29, 1.82) is 0 Å². The maximum Gasteiger partial charge on any atom is 0.127 e. The summed E-state index contributed by atoms with van der Waals surface area (Å²) in [6.45, 7) is 2.59. The van der Waals surface area contributed by atoms with Crippen molar-refractivity contribution in [2.24, 2.45) is 7.05 Å². The molecular formula is C12H15FN4. The Hall–Kier alpha value is -2.04. The van der Waals surface area contributed by atoms with Crippen LogP contribution in [0.4, 0.5) is 15.8 Å². The van der Waals surface area contributed by atoms with Crippen LogP contribution < -0.4 is 11.1 Å². The molecule has 90 valence electrons. The molecule has 2 rings (SSSR count). The van der Waals surface area contributed by atoms with Crippen LogP contribution in [0.5, 0.6) is 0 Å². The third kappa shape index (κ3) is 2.55. The number of aromatic nitrogens is 2. The minimum atomic E-state index is -0.338. The van der Waals surface area contributed by atoms with Gasteiger partial charge in [0.1, 0.15) is 5.82 Å². The average Bonchev–Trinajstić information content (AvgIpc) is 2.56. The molecule has 1 heterocycles. The van der Waals surface area contributed by atoms with Gasteiger partial charge >= 0.3 is 0 Å². The highest BCUT2D eigenvalue weighted by Gasteiger charge is 2.04. The van der Waals surface area contributed by atoms with Gasteiger partial charge in [-0.2, -0.15) is 5.10 Å². The van der Waals surface area contributed by atoms with Crippen LogP contribution in [0.2, 0.25) is 0 Å². The fraction of sp³-hybridized carbons (Fsp3) is 0.250. The van der Waals surface area contributed by atoms with Crippen LogP contribution in [0, 0.1) is 12.7 Å². The van der Waals surface area contributed by atoms with E-state index in [9.17, 15) is 4.39 Å². The van der Waals surface area contributed by atoms with Gasteiger partial charge < -0.3 is 11.1 Å². The number of nitrogens with one attached hydrogen (secondary N) is 1. The highest BCUT2D eigenvalue weighted by Crippen LogP contribution is 2.17. The molecule has 17 heavy (non-hydrogen) atoms. The molecule has 0 aliphatic rings. The number of rotatable bonds is 3. The number of nitrogen functional groups attached to an aromatic ring is 1. The van der Waals surface area contributed by atoms with Crippen molar-refractivity contribution in [2.45, 2.75) is 13.5 Å². The van der Waals surface area contributed by atoms with Gasteiger partial charge in [0.15, 0.2) is 0 Å². The molecule has 3 N–H and O–H groups in total. The lowest BCUT2D eigenvalue weighted by atomic mass is 10.2. The molecule has 0 radical (unpaired) electrons. The molecule has 0 amide bonds. The standard InChI is InChI=1S/C12H15FN4/c1-8-9(7-16-17(8)2)6-15-12-4-10(13)3-11(14)5-12/h3-5,7,15H,6,14H2,1-2H3. The zero-order valence-corrected chi connectivity index (χ0v) is 9.87. The summed E-state index contributed by atoms with van der Waals surface area (Å²) in [6, 6.07) is 4.41. The van der Waals surface area contributed by atoms with Crippen LogP contribution >= 0.6 is 0 Å². The summed E-state index contributed by atoms with van der Waals surface area (Å²) in [5.41, 5.74) is 8.81. The van der Waals surface area contributed by atoms with Crippen LogP contribution in [0.3, 0.4) is 0 Å². The average molecular weight is 234 g/mol. The molecule has 0 fully saturated rings. The Morgan fingerprint density at radius 3 is 2.76 bits per heavy atom. The van der Waals surface area contributed by atoms with Crippen LogP contribution in [0.25, 0.3) is 0 Å². The smallest absolute Gasteiger partial charge is 0.127 e. The SMILES string of the molecule is Cc1c(CNc2cc(N)cc(F)c2)cnn1C. The van der Waals surface area contributed by atoms with Gasteiger partial charge in [-0.1, -0.05) is 0 Å². The number of aryl methyl sites for hydroxylation is 1. The molecule has 0 saturated heterocycles. The lowest BCUT2D eigenvalue weighted by Gasteiger charge is -2.07. The molecule has 0 saturated carbocycles. The van der Waals surface area contributed by atoms with E-state index in [1.54, 1.807) is 16.9 Å². The van der Waals surface area contributed by atoms with Crippen molar-refractivity contribution >= 4 is 11.4 Å². The second-order valence-corrected chi connectivity index (χ2v) is 4.01. The Morgan fingerprint density at radius 2 is 2.18 bits per heavy atom. The number of anilines is 2. The van der Waals surface area contributed by atoms with Crippen molar-refractivity contribution < 1.29 is 4.39 Å². The van der Waals surface area contributed by atoms with Gasteiger partial charge in [-0.15, -0.1) is 0 Å². The first-order valence-corrected chi connectivity index (χ1v) is 5.33. The first kappa shape index (κ1) is 11.4. The summed E-state index contributed by atoms with van der Waals surface area (Å²) in [5, 5.41) is 7.26. The molecule has 1 aromatic carbocycles. The first-order chi connectivity index (χ1) is 8.06. The number of hydrogen-bond donors (Lipinski definition) is 2. The zero-order valence-electron chi connectivity index (χ0n) is 9.87. The van der Waals surface area contributed by atoms with Gasteiger partial charge in [0.2, 0.25) is 0 Å². The van der Waals surface area contributed by atoms with Crippen molar-refractivity contribution in [3.8, 4) is 0 Å². The summed E-state index contributed by atoms with van der Waals surface area (Å²) >= 11 is 0. The summed E-state index contributed by atoms with van der Waals surface area (Å²) in [5.74, 6) is -0.338. The van der Waals surface area contributed by atoms with Gasteiger partial charge in [0, 0.05) is 36.2 Å². The predicted molar refractivity (Wildman–Crippen MR) is 66.1 cm³/mol. The van der Waals surface area contributed by atoms with Gasteiger partial charge in [-0.3, -0.25) is 4.68 Å². The maximum absolute atomic E-state index is 13.1. The van der Waals surface area contributed by atoms with Crippen molar-refractivity contribution in [1.82, 2.24) is 9.78 Å². The molecule has 2 aromatic rings. The van der Waals surface area contributed by atoms with Crippen molar-refractivity contribution in [3.63, 3.8) is 0 Å². The topological polar surface area (TPSA) is 55.9 Å². The molecule has 0 unspecified atom stereocenters. The number of hydrogen-bond acceptors (Lipinski definition) is 3. The van der Waals surface area contributed by atoms with E-state index in [-0.39, 0.29) is 5.82 Å². The van der Waals surface area contributed by atoms with Gasteiger partial charge in [0.05, 0.1) is 6.20 Å². The third-order valence-corrected chi connectivity index (χ3v) is 2.74. The highest BCUT2D eigenvalue weighted by atomic mass is 19.1. The number of nitrogens with zero attached hydrogens (tertiary/aromatic N) is 2. The summed E-state index contributed by atoms with van der Waals surface area (Å²) in [4.78, 5) is 0. The molecule has 0 bridgehead atoms. The van der Waals surface area contributed by atoms with E-state index in [1.807, 2.05) is 14.0 Å². The molecule has 0 aliphatic heterocycles. The van der Waals surface area contributed by atoms with E-state index < -0.39 is 0 Å². The van der Waals surface area contributed by atoms with Crippen LogP contribution in [-0.2, 0) is 13.6 Å². The van der Waals surface area contributed by atoms with E-state index >= 15 is 0 Å². The van der Waals surface area contributed by atoms with E-state index in [1.165, 1.54) is 12.1 Å². The Morgan fingerprint density at radius 1 is 1.41 bits per heavy atom. The largest absolute Gasteiger partial charge is 0.399 e. The number of benzene rings is 1. The molecule has 5 heteroatoms. The van der Waals surface area contributed by atoms with Crippen LogP contribution in [0.15, 0.2) is 24.4 Å². The normalized spacial score (nSPS) is 10.5. The predicted octanol–water partition coefficient (Wildman–Crippen LogP) is 2.06. The number of halogens is 1. The number of nitrogens with two attached hydrogens (primary N) is 1. The van der Waals surface area contributed by atoms with Crippen LogP contribution in [0.1, 0.15) is 11.3 Å². The Balaban J connectivity index is 2.09. The monoisotopic (exact) mass is 234 g/mol.